The highest BCUT2D eigenvalue weighted by Gasteiger charge is 2.19. The number of halogens is 1. The van der Waals surface area contributed by atoms with Crippen molar-refractivity contribution in [2.24, 2.45) is 7.05 Å². The lowest BCUT2D eigenvalue weighted by atomic mass is 10.3. The van der Waals surface area contributed by atoms with Crippen molar-refractivity contribution in [3.63, 3.8) is 0 Å². The van der Waals surface area contributed by atoms with Gasteiger partial charge in [0.15, 0.2) is 0 Å². The van der Waals surface area contributed by atoms with E-state index in [4.69, 9.17) is 4.74 Å². The lowest BCUT2D eigenvalue weighted by Gasteiger charge is -2.11. The van der Waals surface area contributed by atoms with Crippen LogP contribution in [0.15, 0.2) is 45.9 Å². The van der Waals surface area contributed by atoms with Crippen molar-refractivity contribution in [2.75, 3.05) is 7.11 Å². The van der Waals surface area contributed by atoms with Crippen LogP contribution >= 0.6 is 15.9 Å². The standard InChI is InChI=1S/C13H15BrN2O3S/c1-16-7-3-4-11(16)9-15-20(17,18)13-8-10(14)5-6-12(13)19-2/h3-8,15H,9H2,1-2H3. The number of hydrogen-bond acceptors (Lipinski definition) is 3. The van der Waals surface area contributed by atoms with Crippen molar-refractivity contribution >= 4 is 26.0 Å². The molecule has 0 saturated heterocycles. The van der Waals surface area contributed by atoms with Gasteiger partial charge in [-0.05, 0) is 30.3 Å². The number of nitrogens with one attached hydrogen (secondary N) is 1. The third-order valence-electron chi connectivity index (χ3n) is 2.91. The second kappa shape index (κ2) is 5.99. The van der Waals surface area contributed by atoms with E-state index >= 15 is 0 Å². The molecule has 1 aromatic carbocycles. The smallest absolute Gasteiger partial charge is 0.244 e. The summed E-state index contributed by atoms with van der Waals surface area (Å²) in [6.07, 6.45) is 1.86. The van der Waals surface area contributed by atoms with E-state index in [0.717, 1.165) is 5.69 Å². The zero-order valence-corrected chi connectivity index (χ0v) is 13.5. The van der Waals surface area contributed by atoms with E-state index in [-0.39, 0.29) is 11.4 Å². The minimum Gasteiger partial charge on any atom is -0.495 e. The monoisotopic (exact) mass is 358 g/mol. The molecular formula is C13H15BrN2O3S. The second-order valence-electron chi connectivity index (χ2n) is 4.23. The Bertz CT molecular complexity index is 710. The third kappa shape index (κ3) is 3.23. The molecule has 108 valence electrons. The zero-order valence-electron chi connectivity index (χ0n) is 11.1. The predicted molar refractivity (Wildman–Crippen MR) is 80.1 cm³/mol. The van der Waals surface area contributed by atoms with Crippen LogP contribution in [0.25, 0.3) is 0 Å². The Morgan fingerprint density at radius 2 is 2.10 bits per heavy atom. The SMILES string of the molecule is COc1ccc(Br)cc1S(=O)(=O)NCc1cccn1C. The van der Waals surface area contributed by atoms with Crippen LogP contribution in [0.4, 0.5) is 0 Å². The lowest BCUT2D eigenvalue weighted by molar-refractivity contribution is 0.402. The summed E-state index contributed by atoms with van der Waals surface area (Å²) in [5.41, 5.74) is 0.877. The minimum atomic E-state index is -3.64. The Kier molecular flexibility index (Phi) is 4.52. The summed E-state index contributed by atoms with van der Waals surface area (Å²) >= 11 is 3.27. The molecule has 7 heteroatoms. The minimum absolute atomic E-state index is 0.114. The Labute approximate surface area is 126 Å². The highest BCUT2D eigenvalue weighted by molar-refractivity contribution is 9.10. The summed E-state index contributed by atoms with van der Waals surface area (Å²) in [5.74, 6) is 0.313. The Balaban J connectivity index is 2.26. The van der Waals surface area contributed by atoms with Crippen LogP contribution in [0.3, 0.4) is 0 Å². The fraction of sp³-hybridized carbons (Fsp3) is 0.231. The van der Waals surface area contributed by atoms with Crippen LogP contribution in [0.1, 0.15) is 5.69 Å². The topological polar surface area (TPSA) is 60.3 Å². The van der Waals surface area contributed by atoms with Gasteiger partial charge in [-0.15, -0.1) is 0 Å². The number of hydrogen-bond donors (Lipinski definition) is 1. The number of sulfonamides is 1. The quantitative estimate of drug-likeness (QED) is 0.891. The predicted octanol–water partition coefficient (Wildman–Crippen LogP) is 2.27. The van der Waals surface area contributed by atoms with E-state index < -0.39 is 10.0 Å². The van der Waals surface area contributed by atoms with E-state index in [1.165, 1.54) is 13.2 Å². The molecular weight excluding hydrogens is 344 g/mol. The summed E-state index contributed by atoms with van der Waals surface area (Å²) < 4.78 is 34.9. The van der Waals surface area contributed by atoms with E-state index in [0.29, 0.717) is 10.2 Å². The van der Waals surface area contributed by atoms with Gasteiger partial charge in [0.25, 0.3) is 0 Å². The molecule has 0 aliphatic carbocycles. The van der Waals surface area contributed by atoms with Gasteiger partial charge in [0.05, 0.1) is 13.7 Å². The molecule has 5 nitrogen and oxygen atoms in total. The number of aromatic nitrogens is 1. The van der Waals surface area contributed by atoms with E-state index in [2.05, 4.69) is 20.7 Å². The summed E-state index contributed by atoms with van der Waals surface area (Å²) in [5, 5.41) is 0. The fourth-order valence-corrected chi connectivity index (χ4v) is 3.49. The van der Waals surface area contributed by atoms with Gasteiger partial charge in [-0.25, -0.2) is 13.1 Å². The number of rotatable bonds is 5. The average molecular weight is 359 g/mol. The van der Waals surface area contributed by atoms with Crippen molar-refractivity contribution in [1.29, 1.82) is 0 Å². The zero-order chi connectivity index (χ0) is 14.8. The molecule has 0 atom stereocenters. The van der Waals surface area contributed by atoms with Crippen LogP contribution in [-0.2, 0) is 23.6 Å². The van der Waals surface area contributed by atoms with E-state index in [1.807, 2.05) is 29.9 Å². The van der Waals surface area contributed by atoms with E-state index in [9.17, 15) is 8.42 Å². The number of benzene rings is 1. The van der Waals surface area contributed by atoms with Crippen LogP contribution in [0, 0.1) is 0 Å². The first-order valence-electron chi connectivity index (χ1n) is 5.87. The Morgan fingerprint density at radius 3 is 2.70 bits per heavy atom. The summed E-state index contributed by atoms with van der Waals surface area (Å²) in [6.45, 7) is 0.224. The van der Waals surface area contributed by atoms with Gasteiger partial charge in [-0.2, -0.15) is 0 Å². The molecule has 0 bridgehead atoms. The van der Waals surface area contributed by atoms with Gasteiger partial charge < -0.3 is 9.30 Å². The second-order valence-corrected chi connectivity index (χ2v) is 6.88. The van der Waals surface area contributed by atoms with Crippen LogP contribution < -0.4 is 9.46 Å². The van der Waals surface area contributed by atoms with Gasteiger partial charge in [-0.1, -0.05) is 15.9 Å². The molecule has 0 spiro atoms. The molecule has 0 unspecified atom stereocenters. The maximum Gasteiger partial charge on any atom is 0.244 e. The fourth-order valence-electron chi connectivity index (χ4n) is 1.79. The van der Waals surface area contributed by atoms with Crippen molar-refractivity contribution in [3.8, 4) is 5.75 Å². The van der Waals surface area contributed by atoms with Crippen molar-refractivity contribution < 1.29 is 13.2 Å². The molecule has 0 amide bonds. The molecule has 1 N–H and O–H groups in total. The van der Waals surface area contributed by atoms with Gasteiger partial charge in [0.2, 0.25) is 10.0 Å². The molecule has 0 fully saturated rings. The first kappa shape index (κ1) is 15.1. The number of aryl methyl sites for hydroxylation is 1. The van der Waals surface area contributed by atoms with E-state index in [1.54, 1.807) is 12.1 Å². The van der Waals surface area contributed by atoms with Crippen molar-refractivity contribution in [3.05, 3.63) is 46.7 Å². The molecule has 2 aromatic rings. The highest BCUT2D eigenvalue weighted by Crippen LogP contribution is 2.27. The first-order valence-corrected chi connectivity index (χ1v) is 8.15. The first-order chi connectivity index (χ1) is 9.44. The van der Waals surface area contributed by atoms with Crippen LogP contribution in [-0.4, -0.2) is 20.1 Å². The van der Waals surface area contributed by atoms with Crippen molar-refractivity contribution in [2.45, 2.75) is 11.4 Å². The highest BCUT2D eigenvalue weighted by atomic mass is 79.9. The van der Waals surface area contributed by atoms with Gasteiger partial charge >= 0.3 is 0 Å². The summed E-state index contributed by atoms with van der Waals surface area (Å²) in [4.78, 5) is 0.114. The molecule has 1 heterocycles. The largest absolute Gasteiger partial charge is 0.495 e. The molecule has 0 radical (unpaired) electrons. The summed E-state index contributed by atoms with van der Waals surface area (Å²) in [6, 6.07) is 8.59. The van der Waals surface area contributed by atoms with Crippen LogP contribution in [0.5, 0.6) is 5.75 Å². The molecule has 1 aromatic heterocycles. The van der Waals surface area contributed by atoms with Crippen molar-refractivity contribution in [1.82, 2.24) is 9.29 Å². The number of nitrogens with zero attached hydrogens (tertiary/aromatic N) is 1. The maximum atomic E-state index is 12.3. The Hall–Kier alpha value is -1.31. The lowest BCUT2D eigenvalue weighted by Crippen LogP contribution is -2.24. The van der Waals surface area contributed by atoms with Gasteiger partial charge in [0, 0.05) is 23.4 Å². The molecule has 2 rings (SSSR count). The Morgan fingerprint density at radius 1 is 1.35 bits per heavy atom. The normalized spacial score (nSPS) is 11.6. The van der Waals surface area contributed by atoms with Gasteiger partial charge in [0.1, 0.15) is 10.6 Å². The number of ether oxygens (including phenoxy) is 1. The molecule has 0 saturated carbocycles. The molecule has 20 heavy (non-hydrogen) atoms. The number of methoxy groups -OCH3 is 1. The van der Waals surface area contributed by atoms with Gasteiger partial charge in [-0.3, -0.25) is 0 Å². The average Bonchev–Trinajstić information content (AvgIpc) is 2.82. The van der Waals surface area contributed by atoms with Crippen LogP contribution in [0.2, 0.25) is 0 Å². The molecule has 0 aliphatic heterocycles. The molecule has 0 aliphatic rings. The maximum absolute atomic E-state index is 12.3. The summed E-state index contributed by atoms with van der Waals surface area (Å²) in [7, 11) is -0.328. The third-order valence-corrected chi connectivity index (χ3v) is 4.83.